The summed E-state index contributed by atoms with van der Waals surface area (Å²) in [4.78, 5) is 29.1. The summed E-state index contributed by atoms with van der Waals surface area (Å²) >= 11 is 0. The molecule has 0 spiro atoms. The van der Waals surface area contributed by atoms with Crippen LogP contribution in [-0.4, -0.2) is 30.6 Å². The Bertz CT molecular complexity index is 973. The fourth-order valence-electron chi connectivity index (χ4n) is 4.57. The molecule has 3 N–H and O–H groups in total. The van der Waals surface area contributed by atoms with Crippen LogP contribution in [0.3, 0.4) is 0 Å². The molecule has 3 rings (SSSR count). The van der Waals surface area contributed by atoms with Gasteiger partial charge in [-0.25, -0.2) is 4.79 Å². The lowest BCUT2D eigenvalue weighted by Crippen LogP contribution is -2.39. The quantitative estimate of drug-likeness (QED) is 0.466. The number of benzene rings is 1. The third-order valence-electron chi connectivity index (χ3n) is 6.57. The molecule has 2 aromatic rings. The maximum atomic E-state index is 12.6. The van der Waals surface area contributed by atoms with Crippen LogP contribution >= 0.6 is 0 Å². The molecule has 0 aliphatic heterocycles. The monoisotopic (exact) mass is 464 g/mol. The molecule has 1 heterocycles. The van der Waals surface area contributed by atoms with Crippen LogP contribution < -0.4 is 20.7 Å². The fraction of sp³-hybridized carbons (Fsp3) is 0.444. The molecule has 1 aliphatic rings. The number of nitrogens with one attached hydrogen (secondary N) is 3. The van der Waals surface area contributed by atoms with Gasteiger partial charge in [-0.1, -0.05) is 31.6 Å². The average Bonchev–Trinajstić information content (AvgIpc) is 2.83. The summed E-state index contributed by atoms with van der Waals surface area (Å²) in [6.45, 7) is 7.57. The van der Waals surface area contributed by atoms with Crippen molar-refractivity contribution in [1.82, 2.24) is 15.6 Å². The summed E-state index contributed by atoms with van der Waals surface area (Å²) in [5, 5.41) is 8.90. The molecule has 1 aromatic carbocycles. The van der Waals surface area contributed by atoms with Crippen molar-refractivity contribution < 1.29 is 14.3 Å². The zero-order valence-electron chi connectivity index (χ0n) is 20.5. The van der Waals surface area contributed by atoms with Crippen molar-refractivity contribution in [1.29, 1.82) is 0 Å². The number of allylic oxidation sites excluding steroid dienone is 1. The van der Waals surface area contributed by atoms with Gasteiger partial charge in [-0.05, 0) is 72.9 Å². The number of amides is 3. The Labute approximate surface area is 202 Å². The van der Waals surface area contributed by atoms with Gasteiger partial charge in [0.25, 0.3) is 0 Å². The van der Waals surface area contributed by atoms with E-state index in [-0.39, 0.29) is 23.8 Å². The number of hydrogen-bond donors (Lipinski definition) is 3. The molecule has 3 amide bonds. The van der Waals surface area contributed by atoms with E-state index in [0.717, 1.165) is 17.7 Å². The van der Waals surface area contributed by atoms with Crippen molar-refractivity contribution in [3.63, 3.8) is 0 Å². The van der Waals surface area contributed by atoms with E-state index >= 15 is 0 Å². The lowest BCUT2D eigenvalue weighted by atomic mass is 9.70. The summed E-state index contributed by atoms with van der Waals surface area (Å²) in [6, 6.07) is 10.8. The standard InChI is InChI=1S/C27H36N4O3/c1-18(2)25-13-21(14-26(32)29-16-20-6-5-11-28-15-20)19(3)12-22(25)17-30-27(33)31-23-7-9-24(34-4)10-8-23/h5-12,15,18,21-22,25H,13-14,16-17H2,1-4H3,(H,29,32)(H2,30,31,33)/t21-,22-,25-/m0/s1. The van der Waals surface area contributed by atoms with Crippen LogP contribution in [0.1, 0.15) is 39.2 Å². The van der Waals surface area contributed by atoms with E-state index in [0.29, 0.717) is 37.0 Å². The molecule has 34 heavy (non-hydrogen) atoms. The molecule has 7 heteroatoms. The summed E-state index contributed by atoms with van der Waals surface area (Å²) in [6.07, 6.45) is 7.16. The minimum atomic E-state index is -0.226. The molecule has 0 bridgehead atoms. The highest BCUT2D eigenvalue weighted by Crippen LogP contribution is 2.38. The topological polar surface area (TPSA) is 92.4 Å². The predicted octanol–water partition coefficient (Wildman–Crippen LogP) is 4.77. The van der Waals surface area contributed by atoms with E-state index in [9.17, 15) is 9.59 Å². The zero-order chi connectivity index (χ0) is 24.5. The molecule has 0 unspecified atom stereocenters. The van der Waals surface area contributed by atoms with Crippen molar-refractivity contribution in [2.24, 2.45) is 23.7 Å². The number of carbonyl (C=O) groups excluding carboxylic acids is 2. The Morgan fingerprint density at radius 3 is 2.56 bits per heavy atom. The number of aromatic nitrogens is 1. The van der Waals surface area contributed by atoms with Gasteiger partial charge in [0.1, 0.15) is 5.75 Å². The van der Waals surface area contributed by atoms with Crippen LogP contribution in [0.5, 0.6) is 5.75 Å². The number of rotatable bonds is 9. The number of methoxy groups -OCH3 is 1. The van der Waals surface area contributed by atoms with Crippen LogP contribution in [0.25, 0.3) is 0 Å². The SMILES string of the molecule is COc1ccc(NC(=O)NC[C@@H]2C=C(C)[C@H](CC(=O)NCc3cccnc3)C[C@H]2C(C)C)cc1. The highest BCUT2D eigenvalue weighted by atomic mass is 16.5. The van der Waals surface area contributed by atoms with E-state index in [2.05, 4.69) is 47.8 Å². The maximum absolute atomic E-state index is 12.6. The van der Waals surface area contributed by atoms with Crippen molar-refractivity contribution in [2.75, 3.05) is 19.0 Å². The van der Waals surface area contributed by atoms with E-state index in [1.165, 1.54) is 5.57 Å². The number of nitrogens with zero attached hydrogens (tertiary/aromatic N) is 1. The van der Waals surface area contributed by atoms with Gasteiger partial charge in [-0.3, -0.25) is 9.78 Å². The number of anilines is 1. The minimum absolute atomic E-state index is 0.0551. The number of urea groups is 1. The van der Waals surface area contributed by atoms with Crippen LogP contribution in [0.4, 0.5) is 10.5 Å². The molecule has 0 fully saturated rings. The van der Waals surface area contributed by atoms with Crippen LogP contribution in [-0.2, 0) is 11.3 Å². The Hall–Kier alpha value is -3.35. The van der Waals surface area contributed by atoms with Gasteiger partial charge in [0.05, 0.1) is 7.11 Å². The first-order chi connectivity index (χ1) is 16.4. The summed E-state index contributed by atoms with van der Waals surface area (Å²) in [5.74, 6) is 2.08. The predicted molar refractivity (Wildman–Crippen MR) is 134 cm³/mol. The van der Waals surface area contributed by atoms with Gasteiger partial charge >= 0.3 is 6.03 Å². The molecule has 182 valence electrons. The minimum Gasteiger partial charge on any atom is -0.497 e. The van der Waals surface area contributed by atoms with Crippen molar-refractivity contribution >= 4 is 17.6 Å². The summed E-state index contributed by atoms with van der Waals surface area (Å²) in [5.41, 5.74) is 2.92. The Morgan fingerprint density at radius 2 is 1.91 bits per heavy atom. The third-order valence-corrected chi connectivity index (χ3v) is 6.57. The number of hydrogen-bond acceptors (Lipinski definition) is 4. The second-order valence-corrected chi connectivity index (χ2v) is 9.32. The molecular weight excluding hydrogens is 428 g/mol. The van der Waals surface area contributed by atoms with Gasteiger partial charge in [0, 0.05) is 37.6 Å². The maximum Gasteiger partial charge on any atom is 0.319 e. The molecule has 1 aromatic heterocycles. The second kappa shape index (κ2) is 12.2. The van der Waals surface area contributed by atoms with Crippen LogP contribution in [0.15, 0.2) is 60.4 Å². The second-order valence-electron chi connectivity index (χ2n) is 9.32. The van der Waals surface area contributed by atoms with E-state index in [4.69, 9.17) is 4.74 Å². The van der Waals surface area contributed by atoms with E-state index in [1.54, 1.807) is 19.5 Å². The first kappa shape index (κ1) is 25.3. The first-order valence-corrected chi connectivity index (χ1v) is 11.9. The smallest absolute Gasteiger partial charge is 0.319 e. The first-order valence-electron chi connectivity index (χ1n) is 11.9. The van der Waals surface area contributed by atoms with Crippen molar-refractivity contribution in [3.8, 4) is 5.75 Å². The molecule has 3 atom stereocenters. The summed E-state index contributed by atoms with van der Waals surface area (Å²) in [7, 11) is 1.61. The fourth-order valence-corrected chi connectivity index (χ4v) is 4.57. The summed E-state index contributed by atoms with van der Waals surface area (Å²) < 4.78 is 5.15. The molecule has 0 saturated carbocycles. The van der Waals surface area contributed by atoms with E-state index < -0.39 is 0 Å². The molecule has 7 nitrogen and oxygen atoms in total. The van der Waals surface area contributed by atoms with Gasteiger partial charge in [-0.2, -0.15) is 0 Å². The van der Waals surface area contributed by atoms with Gasteiger partial charge in [-0.15, -0.1) is 0 Å². The normalized spacial score (nSPS) is 19.8. The van der Waals surface area contributed by atoms with Gasteiger partial charge < -0.3 is 20.7 Å². The molecule has 0 saturated heterocycles. The molecule has 0 radical (unpaired) electrons. The number of pyridine rings is 1. The largest absolute Gasteiger partial charge is 0.497 e. The van der Waals surface area contributed by atoms with Crippen LogP contribution in [0.2, 0.25) is 0 Å². The third kappa shape index (κ3) is 7.33. The molecular formula is C27H36N4O3. The van der Waals surface area contributed by atoms with E-state index in [1.807, 2.05) is 36.4 Å². The average molecular weight is 465 g/mol. The lowest BCUT2D eigenvalue weighted by molar-refractivity contribution is -0.122. The Kier molecular flexibility index (Phi) is 9.08. The van der Waals surface area contributed by atoms with Gasteiger partial charge in [0.2, 0.25) is 5.91 Å². The van der Waals surface area contributed by atoms with Gasteiger partial charge in [0.15, 0.2) is 0 Å². The molecule has 1 aliphatic carbocycles. The zero-order valence-corrected chi connectivity index (χ0v) is 20.5. The van der Waals surface area contributed by atoms with Crippen molar-refractivity contribution in [2.45, 2.75) is 40.2 Å². The highest BCUT2D eigenvalue weighted by molar-refractivity contribution is 5.89. The number of carbonyl (C=O) groups is 2. The lowest BCUT2D eigenvalue weighted by Gasteiger charge is -2.37. The van der Waals surface area contributed by atoms with Crippen LogP contribution in [0, 0.1) is 23.7 Å². The number of ether oxygens (including phenoxy) is 1. The van der Waals surface area contributed by atoms with Crippen molar-refractivity contribution in [3.05, 3.63) is 66.0 Å². The Balaban J connectivity index is 1.53. The highest BCUT2D eigenvalue weighted by Gasteiger charge is 2.32. The Morgan fingerprint density at radius 1 is 1.15 bits per heavy atom.